The van der Waals surface area contributed by atoms with Gasteiger partial charge in [0.1, 0.15) is 5.60 Å². The molecule has 104 valence electrons. The second-order valence-corrected chi connectivity index (χ2v) is 6.54. The van der Waals surface area contributed by atoms with Crippen LogP contribution in [0.5, 0.6) is 0 Å². The van der Waals surface area contributed by atoms with Gasteiger partial charge in [-0.3, -0.25) is 0 Å². The standard InChI is InChI=1S/C12H20F2N2O2/c1-10(2,3)18-9(17)16-6-11(7-16)5-12(13,14)4-8(11)15/h8H,4-7,15H2,1-3H3/t8-/m1/s1. The fraction of sp³-hybridized carbons (Fsp3) is 0.917. The summed E-state index contributed by atoms with van der Waals surface area (Å²) in [6, 6.07) is -0.536. The lowest BCUT2D eigenvalue weighted by Gasteiger charge is -2.50. The van der Waals surface area contributed by atoms with Crippen LogP contribution in [0.4, 0.5) is 13.6 Å². The van der Waals surface area contributed by atoms with Crippen molar-refractivity contribution in [3.63, 3.8) is 0 Å². The molecule has 4 nitrogen and oxygen atoms in total. The average molecular weight is 262 g/mol. The molecule has 0 aromatic carbocycles. The minimum absolute atomic E-state index is 0.222. The van der Waals surface area contributed by atoms with E-state index in [0.717, 1.165) is 0 Å². The zero-order chi connectivity index (χ0) is 13.8. The number of likely N-dealkylation sites (tertiary alicyclic amines) is 1. The van der Waals surface area contributed by atoms with Gasteiger partial charge in [-0.05, 0) is 20.8 Å². The van der Waals surface area contributed by atoms with E-state index in [9.17, 15) is 13.6 Å². The first-order valence-corrected chi connectivity index (χ1v) is 6.14. The fourth-order valence-corrected chi connectivity index (χ4v) is 2.77. The van der Waals surface area contributed by atoms with Crippen molar-refractivity contribution in [1.29, 1.82) is 0 Å². The Kier molecular flexibility index (Phi) is 2.85. The summed E-state index contributed by atoms with van der Waals surface area (Å²) in [6.07, 6.45) is -0.953. The molecule has 18 heavy (non-hydrogen) atoms. The molecule has 0 radical (unpaired) electrons. The summed E-state index contributed by atoms with van der Waals surface area (Å²) < 4.78 is 31.8. The van der Waals surface area contributed by atoms with E-state index >= 15 is 0 Å². The number of carbonyl (C=O) groups excluding carboxylic acids is 1. The van der Waals surface area contributed by atoms with Crippen molar-refractivity contribution in [3.8, 4) is 0 Å². The quantitative estimate of drug-likeness (QED) is 0.726. The zero-order valence-electron chi connectivity index (χ0n) is 11.0. The van der Waals surface area contributed by atoms with Crippen LogP contribution < -0.4 is 5.73 Å². The molecule has 1 amide bonds. The number of nitrogens with zero attached hydrogens (tertiary/aromatic N) is 1. The van der Waals surface area contributed by atoms with E-state index in [1.54, 1.807) is 20.8 Å². The van der Waals surface area contributed by atoms with Crippen molar-refractivity contribution >= 4 is 6.09 Å². The fourth-order valence-electron chi connectivity index (χ4n) is 2.77. The summed E-state index contributed by atoms with van der Waals surface area (Å²) in [4.78, 5) is 13.2. The Balaban J connectivity index is 1.93. The third-order valence-corrected chi connectivity index (χ3v) is 3.58. The van der Waals surface area contributed by atoms with Crippen molar-refractivity contribution < 1.29 is 18.3 Å². The first-order chi connectivity index (χ1) is 8.03. The van der Waals surface area contributed by atoms with Crippen LogP contribution in [0.1, 0.15) is 33.6 Å². The van der Waals surface area contributed by atoms with Gasteiger partial charge in [-0.2, -0.15) is 0 Å². The third kappa shape index (κ3) is 2.43. The Morgan fingerprint density at radius 1 is 1.39 bits per heavy atom. The average Bonchev–Trinajstić information content (AvgIpc) is 2.29. The Morgan fingerprint density at radius 2 is 1.94 bits per heavy atom. The molecule has 1 aliphatic carbocycles. The molecule has 1 saturated heterocycles. The van der Waals surface area contributed by atoms with Crippen LogP contribution >= 0.6 is 0 Å². The molecule has 1 saturated carbocycles. The number of hydrogen-bond donors (Lipinski definition) is 1. The van der Waals surface area contributed by atoms with Crippen LogP contribution in [0.3, 0.4) is 0 Å². The van der Waals surface area contributed by atoms with E-state index in [0.29, 0.717) is 0 Å². The molecule has 2 rings (SSSR count). The van der Waals surface area contributed by atoms with Crippen LogP contribution in [-0.2, 0) is 4.74 Å². The van der Waals surface area contributed by atoms with Crippen molar-refractivity contribution in [2.45, 2.75) is 51.2 Å². The van der Waals surface area contributed by atoms with Gasteiger partial charge in [-0.1, -0.05) is 0 Å². The van der Waals surface area contributed by atoms with E-state index in [-0.39, 0.29) is 25.9 Å². The number of halogens is 2. The number of carbonyl (C=O) groups is 1. The number of alkyl halides is 2. The highest BCUT2D eigenvalue weighted by Gasteiger charge is 2.61. The maximum absolute atomic E-state index is 13.3. The van der Waals surface area contributed by atoms with Gasteiger partial charge in [-0.25, -0.2) is 13.6 Å². The van der Waals surface area contributed by atoms with Crippen molar-refractivity contribution in [3.05, 3.63) is 0 Å². The lowest BCUT2D eigenvalue weighted by atomic mass is 9.75. The van der Waals surface area contributed by atoms with Gasteiger partial charge < -0.3 is 15.4 Å². The second-order valence-electron chi connectivity index (χ2n) is 6.54. The molecular formula is C12H20F2N2O2. The summed E-state index contributed by atoms with van der Waals surface area (Å²) in [7, 11) is 0. The molecule has 2 N–H and O–H groups in total. The zero-order valence-corrected chi connectivity index (χ0v) is 11.0. The number of ether oxygens (including phenoxy) is 1. The number of hydrogen-bond acceptors (Lipinski definition) is 3. The Morgan fingerprint density at radius 3 is 2.33 bits per heavy atom. The molecule has 1 spiro atoms. The molecule has 6 heteroatoms. The summed E-state index contributed by atoms with van der Waals surface area (Å²) in [5, 5.41) is 0. The highest BCUT2D eigenvalue weighted by molar-refractivity contribution is 5.69. The first-order valence-electron chi connectivity index (χ1n) is 6.14. The molecule has 0 bridgehead atoms. The first kappa shape index (κ1) is 13.5. The van der Waals surface area contributed by atoms with Gasteiger partial charge >= 0.3 is 6.09 Å². The van der Waals surface area contributed by atoms with Gasteiger partial charge in [0.2, 0.25) is 5.92 Å². The number of nitrogens with two attached hydrogens (primary N) is 1. The second kappa shape index (κ2) is 3.79. The van der Waals surface area contributed by atoms with Crippen molar-refractivity contribution in [2.24, 2.45) is 11.1 Å². The van der Waals surface area contributed by atoms with E-state index in [4.69, 9.17) is 10.5 Å². The predicted octanol–water partition coefficient (Wildman–Crippen LogP) is 1.98. The van der Waals surface area contributed by atoms with E-state index in [2.05, 4.69) is 0 Å². The van der Waals surface area contributed by atoms with E-state index in [1.165, 1.54) is 4.90 Å². The Hall–Kier alpha value is -0.910. The summed E-state index contributed by atoms with van der Waals surface area (Å²) in [5.74, 6) is -2.70. The minimum Gasteiger partial charge on any atom is -0.444 e. The monoisotopic (exact) mass is 262 g/mol. The van der Waals surface area contributed by atoms with Gasteiger partial charge in [0.15, 0.2) is 0 Å². The van der Waals surface area contributed by atoms with Gasteiger partial charge in [-0.15, -0.1) is 0 Å². The maximum Gasteiger partial charge on any atom is 0.410 e. The molecule has 1 aliphatic heterocycles. The largest absolute Gasteiger partial charge is 0.444 e. The van der Waals surface area contributed by atoms with Crippen LogP contribution in [0.25, 0.3) is 0 Å². The van der Waals surface area contributed by atoms with Crippen LogP contribution in [0.2, 0.25) is 0 Å². The van der Waals surface area contributed by atoms with Gasteiger partial charge in [0.25, 0.3) is 0 Å². The van der Waals surface area contributed by atoms with E-state index in [1.807, 2.05) is 0 Å². The van der Waals surface area contributed by atoms with Crippen molar-refractivity contribution in [2.75, 3.05) is 13.1 Å². The predicted molar refractivity (Wildman–Crippen MR) is 62.4 cm³/mol. The van der Waals surface area contributed by atoms with Crippen LogP contribution in [0.15, 0.2) is 0 Å². The molecule has 1 heterocycles. The highest BCUT2D eigenvalue weighted by atomic mass is 19.3. The number of amides is 1. The maximum atomic E-state index is 13.3. The smallest absolute Gasteiger partial charge is 0.410 e. The summed E-state index contributed by atoms with van der Waals surface area (Å²) in [6.45, 7) is 5.87. The molecule has 2 fully saturated rings. The lowest BCUT2D eigenvalue weighted by Crippen LogP contribution is -2.64. The molecular weight excluding hydrogens is 242 g/mol. The summed E-state index contributed by atoms with van der Waals surface area (Å²) >= 11 is 0. The molecule has 0 unspecified atom stereocenters. The number of rotatable bonds is 0. The minimum atomic E-state index is -2.70. The lowest BCUT2D eigenvalue weighted by molar-refractivity contribution is -0.0592. The highest BCUT2D eigenvalue weighted by Crippen LogP contribution is 2.51. The third-order valence-electron chi connectivity index (χ3n) is 3.58. The molecule has 0 aromatic rings. The molecule has 0 aromatic heterocycles. The Bertz CT molecular complexity index is 360. The molecule has 2 aliphatic rings. The van der Waals surface area contributed by atoms with Crippen LogP contribution in [0, 0.1) is 5.41 Å². The SMILES string of the molecule is CC(C)(C)OC(=O)N1CC2(C1)CC(F)(F)C[C@H]2N. The van der Waals surface area contributed by atoms with E-state index < -0.39 is 29.1 Å². The van der Waals surface area contributed by atoms with Gasteiger partial charge in [0.05, 0.1) is 0 Å². The van der Waals surface area contributed by atoms with Crippen LogP contribution in [-0.4, -0.2) is 41.6 Å². The van der Waals surface area contributed by atoms with Crippen molar-refractivity contribution in [1.82, 2.24) is 4.90 Å². The topological polar surface area (TPSA) is 55.6 Å². The molecule has 1 atom stereocenters. The summed E-state index contributed by atoms with van der Waals surface area (Å²) in [5.41, 5.74) is 4.60. The normalized spacial score (nSPS) is 29.2. The van der Waals surface area contributed by atoms with Gasteiger partial charge in [0, 0.05) is 37.4 Å². The Labute approximate surface area is 105 Å².